The van der Waals surface area contributed by atoms with Crippen molar-refractivity contribution >= 4 is 15.7 Å². The Bertz CT molecular complexity index is 441. The molecule has 6 heteroatoms. The lowest BCUT2D eigenvalue weighted by molar-refractivity contribution is -0.124. The molecule has 0 saturated heterocycles. The van der Waals surface area contributed by atoms with E-state index in [9.17, 15) is 13.2 Å². The Morgan fingerprint density at radius 3 is 2.31 bits per heavy atom. The van der Waals surface area contributed by atoms with Crippen molar-refractivity contribution in [3.63, 3.8) is 0 Å². The normalized spacial score (nSPS) is 18.6. The second kappa shape index (κ2) is 3.74. The molecule has 1 N–H and O–H groups in total. The Hall–Kier alpha value is -1.09. The summed E-state index contributed by atoms with van der Waals surface area (Å²) in [5, 5.41) is 11.3. The van der Waals surface area contributed by atoms with Crippen LogP contribution < -0.4 is 5.32 Å². The smallest absolute Gasteiger partial charge is 0.240 e. The first-order valence-corrected chi connectivity index (χ1v) is 6.93. The summed E-state index contributed by atoms with van der Waals surface area (Å²) in [6.07, 6.45) is 2.26. The molecule has 1 fully saturated rings. The van der Waals surface area contributed by atoms with Gasteiger partial charge in [0, 0.05) is 12.8 Å². The van der Waals surface area contributed by atoms with Gasteiger partial charge in [0.25, 0.3) is 0 Å². The molecule has 16 heavy (non-hydrogen) atoms. The van der Waals surface area contributed by atoms with Gasteiger partial charge in [0.05, 0.1) is 10.8 Å². The minimum absolute atomic E-state index is 0.0358. The molecule has 1 aliphatic carbocycles. The van der Waals surface area contributed by atoms with Crippen molar-refractivity contribution < 1.29 is 13.2 Å². The first-order valence-electron chi connectivity index (χ1n) is 5.04. The average molecular weight is 244 g/mol. The molecular formula is C10H16N2O3S. The van der Waals surface area contributed by atoms with Crippen LogP contribution >= 0.6 is 0 Å². The van der Waals surface area contributed by atoms with Crippen molar-refractivity contribution in [3.05, 3.63) is 0 Å². The number of nitrogens with one attached hydrogen (secondary N) is 1. The molecule has 90 valence electrons. The molecule has 0 atom stereocenters. The number of amides is 1. The van der Waals surface area contributed by atoms with Crippen molar-refractivity contribution in [2.24, 2.45) is 5.41 Å². The van der Waals surface area contributed by atoms with Gasteiger partial charge in [0.2, 0.25) is 5.91 Å². The molecule has 1 amide bonds. The molecule has 0 aromatic carbocycles. The number of nitrogens with zero attached hydrogens (tertiary/aromatic N) is 1. The summed E-state index contributed by atoms with van der Waals surface area (Å²) in [5.41, 5.74) is -0.895. The Labute approximate surface area is 95.7 Å². The number of carbonyl (C=O) groups excluding carboxylic acids is 1. The molecule has 1 aliphatic rings. The second-order valence-electron chi connectivity index (χ2n) is 4.91. The van der Waals surface area contributed by atoms with Crippen LogP contribution in [0.5, 0.6) is 0 Å². The predicted octanol–water partition coefficient (Wildman–Crippen LogP) is 0.230. The standard InChI is InChI=1S/C10H16N2O3S/c1-9(2,16(3,14)15)7-12-8(13)10(6-11)4-5-10/h4-5,7H2,1-3H3,(H,12,13). The van der Waals surface area contributed by atoms with Gasteiger partial charge < -0.3 is 5.32 Å². The van der Waals surface area contributed by atoms with Crippen LogP contribution in [0, 0.1) is 16.7 Å². The lowest BCUT2D eigenvalue weighted by Crippen LogP contribution is -2.45. The Morgan fingerprint density at radius 2 is 2.00 bits per heavy atom. The van der Waals surface area contributed by atoms with Crippen LogP contribution in [0.2, 0.25) is 0 Å². The van der Waals surface area contributed by atoms with E-state index in [1.165, 1.54) is 0 Å². The summed E-state index contributed by atoms with van der Waals surface area (Å²) in [7, 11) is -3.23. The third kappa shape index (κ3) is 2.35. The van der Waals surface area contributed by atoms with Crippen molar-refractivity contribution in [3.8, 4) is 6.07 Å². The van der Waals surface area contributed by atoms with Crippen LogP contribution in [0.25, 0.3) is 0 Å². The summed E-state index contributed by atoms with van der Waals surface area (Å²) < 4.78 is 21.8. The highest BCUT2D eigenvalue weighted by molar-refractivity contribution is 7.92. The lowest BCUT2D eigenvalue weighted by Gasteiger charge is -2.23. The first kappa shape index (κ1) is 13.0. The van der Waals surface area contributed by atoms with Crippen molar-refractivity contribution in [2.45, 2.75) is 31.4 Å². The van der Waals surface area contributed by atoms with E-state index in [4.69, 9.17) is 5.26 Å². The molecule has 0 aromatic rings. The fourth-order valence-electron chi connectivity index (χ4n) is 1.11. The Balaban J connectivity index is 2.60. The topological polar surface area (TPSA) is 87.0 Å². The molecular weight excluding hydrogens is 228 g/mol. The van der Waals surface area contributed by atoms with Gasteiger partial charge in [-0.05, 0) is 26.7 Å². The van der Waals surface area contributed by atoms with E-state index in [-0.39, 0.29) is 12.5 Å². The highest BCUT2D eigenvalue weighted by Gasteiger charge is 2.51. The van der Waals surface area contributed by atoms with Crippen LogP contribution in [0.4, 0.5) is 0 Å². The molecule has 0 unspecified atom stereocenters. The van der Waals surface area contributed by atoms with Crippen molar-refractivity contribution in [1.82, 2.24) is 5.32 Å². The summed E-state index contributed by atoms with van der Waals surface area (Å²) in [6.45, 7) is 3.14. The van der Waals surface area contributed by atoms with Gasteiger partial charge in [0.1, 0.15) is 5.41 Å². The zero-order valence-corrected chi connectivity index (χ0v) is 10.5. The van der Waals surface area contributed by atoms with Gasteiger partial charge in [-0.25, -0.2) is 8.42 Å². The maximum Gasteiger partial charge on any atom is 0.240 e. The summed E-state index contributed by atoms with van der Waals surface area (Å²) >= 11 is 0. The van der Waals surface area contributed by atoms with Gasteiger partial charge in [-0.2, -0.15) is 5.26 Å². The van der Waals surface area contributed by atoms with E-state index in [1.54, 1.807) is 13.8 Å². The monoisotopic (exact) mass is 244 g/mol. The summed E-state index contributed by atoms with van der Waals surface area (Å²) in [5.74, 6) is -0.355. The third-order valence-corrected chi connectivity index (χ3v) is 5.23. The molecule has 0 aliphatic heterocycles. The zero-order valence-electron chi connectivity index (χ0n) is 9.70. The fraction of sp³-hybridized carbons (Fsp3) is 0.800. The van der Waals surface area contributed by atoms with E-state index in [1.807, 2.05) is 6.07 Å². The number of hydrogen-bond acceptors (Lipinski definition) is 4. The van der Waals surface area contributed by atoms with E-state index in [0.29, 0.717) is 12.8 Å². The summed E-state index contributed by atoms with van der Waals surface area (Å²) in [6, 6.07) is 1.97. The lowest BCUT2D eigenvalue weighted by atomic mass is 10.1. The molecule has 0 aromatic heterocycles. The number of carbonyl (C=O) groups is 1. The maximum atomic E-state index is 11.6. The van der Waals surface area contributed by atoms with Gasteiger partial charge in [-0.3, -0.25) is 4.79 Å². The molecule has 0 spiro atoms. The summed E-state index contributed by atoms with van der Waals surface area (Å²) in [4.78, 5) is 11.6. The van der Waals surface area contributed by atoms with E-state index in [2.05, 4.69) is 5.32 Å². The average Bonchev–Trinajstić information content (AvgIpc) is 2.93. The molecule has 0 bridgehead atoms. The van der Waals surface area contributed by atoms with E-state index in [0.717, 1.165) is 6.26 Å². The van der Waals surface area contributed by atoms with Crippen LogP contribution in [0.3, 0.4) is 0 Å². The minimum Gasteiger partial charge on any atom is -0.353 e. The highest BCUT2D eigenvalue weighted by Crippen LogP contribution is 2.45. The molecule has 1 saturated carbocycles. The zero-order chi connectivity index (χ0) is 12.6. The minimum atomic E-state index is -3.23. The SMILES string of the molecule is CC(C)(CNC(=O)C1(C#N)CC1)S(C)(=O)=O. The Kier molecular flexibility index (Phi) is 3.03. The van der Waals surface area contributed by atoms with Crippen LogP contribution in [0.1, 0.15) is 26.7 Å². The van der Waals surface area contributed by atoms with E-state index < -0.39 is 20.0 Å². The van der Waals surface area contributed by atoms with Gasteiger partial charge in [0.15, 0.2) is 9.84 Å². The highest BCUT2D eigenvalue weighted by atomic mass is 32.2. The Morgan fingerprint density at radius 1 is 1.50 bits per heavy atom. The third-order valence-electron chi connectivity index (χ3n) is 3.08. The number of nitriles is 1. The van der Waals surface area contributed by atoms with Crippen molar-refractivity contribution in [1.29, 1.82) is 5.26 Å². The molecule has 0 heterocycles. The van der Waals surface area contributed by atoms with Crippen LogP contribution in [0.15, 0.2) is 0 Å². The molecule has 0 radical (unpaired) electrons. The van der Waals surface area contributed by atoms with E-state index >= 15 is 0 Å². The molecule has 1 rings (SSSR count). The maximum absolute atomic E-state index is 11.6. The molecule has 5 nitrogen and oxygen atoms in total. The quantitative estimate of drug-likeness (QED) is 0.767. The predicted molar refractivity (Wildman–Crippen MR) is 59.2 cm³/mol. The number of hydrogen-bond donors (Lipinski definition) is 1. The van der Waals surface area contributed by atoms with Crippen LogP contribution in [-0.4, -0.2) is 31.9 Å². The van der Waals surface area contributed by atoms with Gasteiger partial charge in [-0.1, -0.05) is 0 Å². The fourth-order valence-corrected chi connectivity index (χ4v) is 1.44. The van der Waals surface area contributed by atoms with Crippen LogP contribution in [-0.2, 0) is 14.6 Å². The van der Waals surface area contributed by atoms with Gasteiger partial charge in [-0.15, -0.1) is 0 Å². The van der Waals surface area contributed by atoms with Gasteiger partial charge >= 0.3 is 0 Å². The first-order chi connectivity index (χ1) is 7.15. The largest absolute Gasteiger partial charge is 0.353 e. The van der Waals surface area contributed by atoms with Crippen molar-refractivity contribution in [2.75, 3.05) is 12.8 Å². The number of rotatable bonds is 4. The number of sulfone groups is 1. The second-order valence-corrected chi connectivity index (χ2v) is 7.56.